The third kappa shape index (κ3) is 3.59. The van der Waals surface area contributed by atoms with E-state index in [4.69, 9.17) is 4.74 Å². The average molecular weight is 321 g/mol. The van der Waals surface area contributed by atoms with Crippen LogP contribution in [0, 0.1) is 11.6 Å². The lowest BCUT2D eigenvalue weighted by Gasteiger charge is -2.22. The van der Waals surface area contributed by atoms with Gasteiger partial charge in [0.1, 0.15) is 0 Å². The van der Waals surface area contributed by atoms with Gasteiger partial charge in [0.25, 0.3) is 0 Å². The molecule has 0 aromatic heterocycles. The highest BCUT2D eigenvalue weighted by atomic mass is 79.9. The number of benzene rings is 1. The Balaban J connectivity index is 2.83. The highest BCUT2D eigenvalue weighted by molar-refractivity contribution is 9.10. The van der Waals surface area contributed by atoms with E-state index in [9.17, 15) is 13.6 Å². The molecule has 0 aliphatic carbocycles. The molecule has 0 fully saturated rings. The van der Waals surface area contributed by atoms with Crippen LogP contribution in [-0.4, -0.2) is 18.5 Å². The molecule has 0 heterocycles. The molecular formula is C13H15BrF2O2. The van der Waals surface area contributed by atoms with Crippen LogP contribution in [0.15, 0.2) is 16.6 Å². The van der Waals surface area contributed by atoms with Crippen molar-refractivity contribution in [2.24, 2.45) is 0 Å². The van der Waals surface area contributed by atoms with Crippen LogP contribution in [0.4, 0.5) is 8.78 Å². The quantitative estimate of drug-likeness (QED) is 0.602. The summed E-state index contributed by atoms with van der Waals surface area (Å²) in [4.78, 5) is 11.9. The number of halogens is 3. The van der Waals surface area contributed by atoms with Crippen LogP contribution in [0.2, 0.25) is 0 Å². The predicted octanol–water partition coefficient (Wildman–Crippen LogP) is 4.12. The summed E-state index contributed by atoms with van der Waals surface area (Å²) >= 11 is 2.90. The Bertz CT molecular complexity index is 459. The van der Waals surface area contributed by atoms with Gasteiger partial charge < -0.3 is 4.74 Å². The van der Waals surface area contributed by atoms with Crippen molar-refractivity contribution in [2.75, 3.05) is 7.11 Å². The van der Waals surface area contributed by atoms with E-state index < -0.39 is 17.2 Å². The summed E-state index contributed by atoms with van der Waals surface area (Å²) in [5.74, 6) is -2.26. The molecule has 1 aromatic carbocycles. The van der Waals surface area contributed by atoms with E-state index >= 15 is 0 Å². The van der Waals surface area contributed by atoms with E-state index in [0.717, 1.165) is 6.07 Å². The first-order valence-corrected chi connectivity index (χ1v) is 6.29. The Kier molecular flexibility index (Phi) is 4.99. The van der Waals surface area contributed by atoms with Crippen LogP contribution in [-0.2, 0) is 4.74 Å². The molecule has 0 atom stereocenters. The van der Waals surface area contributed by atoms with E-state index in [1.807, 2.05) is 13.8 Å². The summed E-state index contributed by atoms with van der Waals surface area (Å²) < 4.78 is 31.3. The third-order valence-corrected chi connectivity index (χ3v) is 3.62. The van der Waals surface area contributed by atoms with Crippen LogP contribution in [0.1, 0.15) is 37.0 Å². The molecule has 2 nitrogen and oxygen atoms in total. The molecule has 5 heteroatoms. The summed E-state index contributed by atoms with van der Waals surface area (Å²) in [7, 11) is 1.57. The van der Waals surface area contributed by atoms with Gasteiger partial charge in [-0.05, 0) is 48.3 Å². The van der Waals surface area contributed by atoms with E-state index in [0.29, 0.717) is 6.42 Å². The van der Waals surface area contributed by atoms with Crippen LogP contribution < -0.4 is 0 Å². The van der Waals surface area contributed by atoms with Gasteiger partial charge in [-0.25, -0.2) is 8.78 Å². The first-order chi connectivity index (χ1) is 8.28. The molecule has 0 aliphatic heterocycles. The SMILES string of the molecule is COC(C)(C)CCC(=O)c1ccc(F)c(F)c1Br. The lowest BCUT2D eigenvalue weighted by molar-refractivity contribution is 0.0141. The van der Waals surface area contributed by atoms with Crippen molar-refractivity contribution >= 4 is 21.7 Å². The molecule has 0 saturated heterocycles. The van der Waals surface area contributed by atoms with Gasteiger partial charge in [-0.15, -0.1) is 0 Å². The van der Waals surface area contributed by atoms with E-state index in [2.05, 4.69) is 15.9 Å². The van der Waals surface area contributed by atoms with Crippen molar-refractivity contribution in [1.82, 2.24) is 0 Å². The standard InChI is InChI=1S/C13H15BrF2O2/c1-13(2,18-3)7-6-10(17)8-4-5-9(15)12(16)11(8)14/h4-5H,6-7H2,1-3H3. The Morgan fingerprint density at radius 3 is 2.56 bits per heavy atom. The third-order valence-electron chi connectivity index (χ3n) is 2.84. The number of Topliss-reactive ketones (excluding diaryl/α,β-unsaturated/α-hetero) is 1. The van der Waals surface area contributed by atoms with E-state index in [1.54, 1.807) is 7.11 Å². The molecule has 0 unspecified atom stereocenters. The van der Waals surface area contributed by atoms with Crippen molar-refractivity contribution < 1.29 is 18.3 Å². The normalized spacial score (nSPS) is 11.7. The largest absolute Gasteiger partial charge is 0.379 e. The maximum atomic E-state index is 13.3. The molecule has 0 amide bonds. The van der Waals surface area contributed by atoms with Gasteiger partial charge >= 0.3 is 0 Å². The molecule has 0 aliphatic rings. The fourth-order valence-electron chi connectivity index (χ4n) is 1.39. The maximum Gasteiger partial charge on any atom is 0.173 e. The van der Waals surface area contributed by atoms with Crippen molar-refractivity contribution in [3.8, 4) is 0 Å². The minimum Gasteiger partial charge on any atom is -0.379 e. The van der Waals surface area contributed by atoms with E-state index in [1.165, 1.54) is 6.07 Å². The highest BCUT2D eigenvalue weighted by Gasteiger charge is 2.21. The fraction of sp³-hybridized carbons (Fsp3) is 0.462. The molecule has 1 aromatic rings. The Hall–Kier alpha value is -0.810. The van der Waals surface area contributed by atoms with Gasteiger partial charge in [0, 0.05) is 19.1 Å². The van der Waals surface area contributed by atoms with Crippen LogP contribution in [0.5, 0.6) is 0 Å². The Labute approximate surface area is 113 Å². The molecule has 0 spiro atoms. The number of ether oxygens (including phenoxy) is 1. The minimum atomic E-state index is -1.04. The summed E-state index contributed by atoms with van der Waals surface area (Å²) in [5.41, 5.74) is -0.262. The summed E-state index contributed by atoms with van der Waals surface area (Å²) in [6, 6.07) is 2.24. The molecule has 1 rings (SSSR count). The second-order valence-corrected chi connectivity index (χ2v) is 5.40. The highest BCUT2D eigenvalue weighted by Crippen LogP contribution is 2.25. The van der Waals surface area contributed by atoms with Gasteiger partial charge in [-0.2, -0.15) is 0 Å². The van der Waals surface area contributed by atoms with Crippen LogP contribution >= 0.6 is 15.9 Å². The molecule has 100 valence electrons. The Morgan fingerprint density at radius 1 is 1.39 bits per heavy atom. The number of hydrogen-bond acceptors (Lipinski definition) is 2. The Morgan fingerprint density at radius 2 is 2.00 bits per heavy atom. The first kappa shape index (κ1) is 15.2. The summed E-state index contributed by atoms with van der Waals surface area (Å²) in [6.45, 7) is 3.72. The molecule has 0 saturated carbocycles. The molecule has 18 heavy (non-hydrogen) atoms. The van der Waals surface area contributed by atoms with Gasteiger partial charge in [0.15, 0.2) is 17.4 Å². The monoisotopic (exact) mass is 320 g/mol. The van der Waals surface area contributed by atoms with Crippen molar-refractivity contribution in [3.05, 3.63) is 33.8 Å². The number of rotatable bonds is 5. The van der Waals surface area contributed by atoms with Gasteiger partial charge in [0.05, 0.1) is 10.1 Å². The number of ketones is 1. The minimum absolute atomic E-state index is 0.122. The molecule has 0 radical (unpaired) electrons. The zero-order chi connectivity index (χ0) is 13.9. The topological polar surface area (TPSA) is 26.3 Å². The van der Waals surface area contributed by atoms with Crippen molar-refractivity contribution in [2.45, 2.75) is 32.3 Å². The summed E-state index contributed by atoms with van der Waals surface area (Å²) in [5, 5.41) is 0. The molecular weight excluding hydrogens is 306 g/mol. The molecule has 0 N–H and O–H groups in total. The van der Waals surface area contributed by atoms with Gasteiger partial charge in [-0.1, -0.05) is 0 Å². The van der Waals surface area contributed by atoms with E-state index in [-0.39, 0.29) is 22.2 Å². The van der Waals surface area contributed by atoms with Crippen LogP contribution in [0.25, 0.3) is 0 Å². The number of methoxy groups -OCH3 is 1. The van der Waals surface area contributed by atoms with Gasteiger partial charge in [0.2, 0.25) is 0 Å². The molecule has 0 bridgehead atoms. The van der Waals surface area contributed by atoms with Gasteiger partial charge in [-0.3, -0.25) is 4.79 Å². The predicted molar refractivity (Wildman–Crippen MR) is 68.7 cm³/mol. The zero-order valence-corrected chi connectivity index (χ0v) is 12.1. The second-order valence-electron chi connectivity index (χ2n) is 4.61. The first-order valence-electron chi connectivity index (χ1n) is 5.50. The zero-order valence-electron chi connectivity index (χ0n) is 10.5. The average Bonchev–Trinajstić information content (AvgIpc) is 2.33. The lowest BCUT2D eigenvalue weighted by Crippen LogP contribution is -2.23. The van der Waals surface area contributed by atoms with Crippen LogP contribution in [0.3, 0.4) is 0 Å². The number of hydrogen-bond donors (Lipinski definition) is 0. The maximum absolute atomic E-state index is 13.3. The fourth-order valence-corrected chi connectivity index (χ4v) is 1.94. The second kappa shape index (κ2) is 5.89. The number of carbonyl (C=O) groups is 1. The number of carbonyl (C=O) groups excluding carboxylic acids is 1. The smallest absolute Gasteiger partial charge is 0.173 e. The summed E-state index contributed by atoms with van der Waals surface area (Å²) in [6.07, 6.45) is 0.721. The van der Waals surface area contributed by atoms with Crippen molar-refractivity contribution in [3.63, 3.8) is 0 Å². The lowest BCUT2D eigenvalue weighted by atomic mass is 9.98. The van der Waals surface area contributed by atoms with Crippen molar-refractivity contribution in [1.29, 1.82) is 0 Å².